The van der Waals surface area contributed by atoms with Crippen LogP contribution in [-0.2, 0) is 23.9 Å². The summed E-state index contributed by atoms with van der Waals surface area (Å²) in [5, 5.41) is 0. The first kappa shape index (κ1) is 18.9. The van der Waals surface area contributed by atoms with Crippen LogP contribution in [0, 0.1) is 0 Å². The molecule has 130 valence electrons. The Hall–Kier alpha value is -2.12. The normalized spacial score (nSPS) is 18.8. The highest BCUT2D eigenvalue weighted by Gasteiger charge is 2.30. The lowest BCUT2D eigenvalue weighted by Gasteiger charge is -2.30. The van der Waals surface area contributed by atoms with Crippen molar-refractivity contribution in [1.82, 2.24) is 9.80 Å². The number of carbonyl (C=O) groups excluding carboxylic acids is 4. The van der Waals surface area contributed by atoms with E-state index in [1.165, 1.54) is 37.7 Å². The molecular weight excluding hydrogens is 304 g/mol. The first-order valence-electron chi connectivity index (χ1n) is 7.59. The number of hydrogen-bond donors (Lipinski definition) is 0. The summed E-state index contributed by atoms with van der Waals surface area (Å²) in [6.07, 6.45) is 0.986. The van der Waals surface area contributed by atoms with E-state index in [0.29, 0.717) is 12.8 Å². The first-order chi connectivity index (χ1) is 10.7. The summed E-state index contributed by atoms with van der Waals surface area (Å²) in [4.78, 5) is 48.9. The van der Waals surface area contributed by atoms with Crippen molar-refractivity contribution in [2.45, 2.75) is 51.9 Å². The van der Waals surface area contributed by atoms with Crippen molar-refractivity contribution in [3.05, 3.63) is 0 Å². The van der Waals surface area contributed by atoms with Gasteiger partial charge >= 0.3 is 12.1 Å². The molecule has 1 aliphatic carbocycles. The zero-order valence-electron chi connectivity index (χ0n) is 14.0. The molecular formula is C15H24N2O6. The van der Waals surface area contributed by atoms with Gasteiger partial charge in [0.05, 0.1) is 6.04 Å². The molecule has 2 amide bonds. The molecule has 0 N–H and O–H groups in total. The highest BCUT2D eigenvalue weighted by atomic mass is 16.7. The summed E-state index contributed by atoms with van der Waals surface area (Å²) in [5.41, 5.74) is 0. The first-order valence-corrected chi connectivity index (χ1v) is 7.59. The van der Waals surface area contributed by atoms with E-state index in [1.54, 1.807) is 0 Å². The van der Waals surface area contributed by atoms with E-state index in [9.17, 15) is 19.2 Å². The van der Waals surface area contributed by atoms with Crippen molar-refractivity contribution in [2.24, 2.45) is 0 Å². The van der Waals surface area contributed by atoms with Crippen molar-refractivity contribution < 1.29 is 28.7 Å². The van der Waals surface area contributed by atoms with Gasteiger partial charge in [-0.15, -0.1) is 0 Å². The van der Waals surface area contributed by atoms with Crippen molar-refractivity contribution in [3.63, 3.8) is 0 Å². The van der Waals surface area contributed by atoms with Gasteiger partial charge in [0.15, 0.2) is 5.78 Å². The van der Waals surface area contributed by atoms with Crippen LogP contribution in [0.5, 0.6) is 0 Å². The largest absolute Gasteiger partial charge is 0.424 e. The molecule has 0 spiro atoms. The van der Waals surface area contributed by atoms with E-state index < -0.39 is 24.4 Å². The van der Waals surface area contributed by atoms with Gasteiger partial charge in [0.2, 0.25) is 12.2 Å². The lowest BCUT2D eigenvalue weighted by atomic mass is 9.93. The highest BCUT2D eigenvalue weighted by molar-refractivity contribution is 5.88. The third kappa shape index (κ3) is 5.88. The Morgan fingerprint density at radius 1 is 1.22 bits per heavy atom. The maximum atomic E-state index is 12.0. The molecule has 8 nitrogen and oxygen atoms in total. The fourth-order valence-corrected chi connectivity index (χ4v) is 2.28. The number of ether oxygens (including phenoxy) is 2. The van der Waals surface area contributed by atoms with Crippen LogP contribution in [0.3, 0.4) is 0 Å². The van der Waals surface area contributed by atoms with Gasteiger partial charge in [-0.25, -0.2) is 4.79 Å². The minimum absolute atomic E-state index is 0.0171. The molecule has 1 saturated carbocycles. The molecule has 0 aliphatic heterocycles. The summed E-state index contributed by atoms with van der Waals surface area (Å²) >= 11 is 0. The van der Waals surface area contributed by atoms with Crippen LogP contribution in [-0.4, -0.2) is 66.5 Å². The van der Waals surface area contributed by atoms with Crippen LogP contribution in [0.25, 0.3) is 0 Å². The van der Waals surface area contributed by atoms with Crippen molar-refractivity contribution >= 4 is 23.8 Å². The molecule has 2 atom stereocenters. The van der Waals surface area contributed by atoms with Gasteiger partial charge in [0.25, 0.3) is 0 Å². The van der Waals surface area contributed by atoms with Crippen LogP contribution in [0.1, 0.15) is 39.5 Å². The topological polar surface area (TPSA) is 93.2 Å². The maximum Gasteiger partial charge on any atom is 0.413 e. The van der Waals surface area contributed by atoms with E-state index in [1.807, 2.05) is 0 Å². The van der Waals surface area contributed by atoms with E-state index in [4.69, 9.17) is 9.47 Å². The Kier molecular flexibility index (Phi) is 6.99. The Morgan fingerprint density at radius 3 is 2.43 bits per heavy atom. The molecule has 1 unspecified atom stereocenters. The zero-order valence-corrected chi connectivity index (χ0v) is 14.0. The molecule has 0 bridgehead atoms. The lowest BCUT2D eigenvalue weighted by Crippen LogP contribution is -2.45. The van der Waals surface area contributed by atoms with Crippen molar-refractivity contribution in [2.75, 3.05) is 20.6 Å². The maximum absolute atomic E-state index is 12.0. The molecule has 0 radical (unpaired) electrons. The standard InChI is InChI=1S/C15H24N2O6/c1-10(18)16(3)9-14(20)22-11(2)23-15(21)17(4)12-7-5-6-8-13(12)19/h11-12H,5-9H2,1-4H3/t11?,12-/m1/s1. The highest BCUT2D eigenvalue weighted by Crippen LogP contribution is 2.19. The second kappa shape index (κ2) is 8.50. The number of Topliss-reactive ketones (excluding diaryl/α,β-unsaturated/α-hetero) is 1. The Balaban J connectivity index is 2.44. The molecule has 8 heteroatoms. The molecule has 0 heterocycles. The molecule has 0 saturated heterocycles. The molecule has 23 heavy (non-hydrogen) atoms. The smallest absolute Gasteiger partial charge is 0.413 e. The number of hydrogen-bond acceptors (Lipinski definition) is 6. The predicted octanol–water partition coefficient (Wildman–Crippen LogP) is 0.934. The fraction of sp³-hybridized carbons (Fsp3) is 0.733. The van der Waals surface area contributed by atoms with E-state index in [-0.39, 0.29) is 18.2 Å². The molecule has 1 rings (SSSR count). The number of ketones is 1. The third-order valence-electron chi connectivity index (χ3n) is 3.75. The van der Waals surface area contributed by atoms with Crippen LogP contribution in [0.15, 0.2) is 0 Å². The van der Waals surface area contributed by atoms with Gasteiger partial charge in [-0.3, -0.25) is 14.4 Å². The van der Waals surface area contributed by atoms with Crippen molar-refractivity contribution in [3.8, 4) is 0 Å². The lowest BCUT2D eigenvalue weighted by molar-refractivity contribution is -0.168. The van der Waals surface area contributed by atoms with Crippen LogP contribution >= 0.6 is 0 Å². The second-order valence-electron chi connectivity index (χ2n) is 5.66. The van der Waals surface area contributed by atoms with Crippen LogP contribution < -0.4 is 0 Å². The monoisotopic (exact) mass is 328 g/mol. The molecule has 1 aliphatic rings. The number of esters is 1. The number of amides is 2. The summed E-state index contributed by atoms with van der Waals surface area (Å²) in [6.45, 7) is 2.50. The Morgan fingerprint density at radius 2 is 1.87 bits per heavy atom. The average molecular weight is 328 g/mol. The number of nitrogens with zero attached hydrogens (tertiary/aromatic N) is 2. The SMILES string of the molecule is CC(=O)N(C)CC(=O)OC(C)OC(=O)N(C)[C@@H]1CCCCC1=O. The van der Waals surface area contributed by atoms with Gasteiger partial charge < -0.3 is 19.3 Å². The summed E-state index contributed by atoms with van der Waals surface area (Å²) in [5.74, 6) is -0.940. The minimum Gasteiger partial charge on any atom is -0.424 e. The molecule has 1 fully saturated rings. The Bertz CT molecular complexity index is 479. The predicted molar refractivity (Wildman–Crippen MR) is 80.4 cm³/mol. The van der Waals surface area contributed by atoms with Gasteiger partial charge in [0, 0.05) is 34.4 Å². The molecule has 0 aromatic rings. The van der Waals surface area contributed by atoms with E-state index >= 15 is 0 Å². The summed E-state index contributed by atoms with van der Waals surface area (Å²) in [6, 6.07) is -0.483. The molecule has 0 aromatic carbocycles. The summed E-state index contributed by atoms with van der Waals surface area (Å²) < 4.78 is 9.93. The van der Waals surface area contributed by atoms with Crippen LogP contribution in [0.2, 0.25) is 0 Å². The number of carbonyl (C=O) groups is 4. The van der Waals surface area contributed by atoms with Crippen LogP contribution in [0.4, 0.5) is 4.79 Å². The number of likely N-dealkylation sites (N-methyl/N-ethyl adjacent to an activating group) is 2. The third-order valence-corrected chi connectivity index (χ3v) is 3.75. The van der Waals surface area contributed by atoms with Gasteiger partial charge in [-0.2, -0.15) is 0 Å². The van der Waals surface area contributed by atoms with Gasteiger partial charge in [-0.1, -0.05) is 6.42 Å². The average Bonchev–Trinajstić information content (AvgIpc) is 2.46. The van der Waals surface area contributed by atoms with Crippen molar-refractivity contribution in [1.29, 1.82) is 0 Å². The van der Waals surface area contributed by atoms with E-state index in [0.717, 1.165) is 12.8 Å². The summed E-state index contributed by atoms with van der Waals surface area (Å²) in [7, 11) is 2.96. The Labute approximate surface area is 135 Å². The zero-order chi connectivity index (χ0) is 17.6. The number of rotatable bonds is 5. The van der Waals surface area contributed by atoms with E-state index in [2.05, 4.69) is 0 Å². The molecule has 0 aromatic heterocycles. The van der Waals surface area contributed by atoms with Gasteiger partial charge in [-0.05, 0) is 12.8 Å². The minimum atomic E-state index is -1.10. The van der Waals surface area contributed by atoms with Gasteiger partial charge in [0.1, 0.15) is 6.54 Å². The second-order valence-corrected chi connectivity index (χ2v) is 5.66. The quantitative estimate of drug-likeness (QED) is 0.551. The fourth-order valence-electron chi connectivity index (χ4n) is 2.28.